The summed E-state index contributed by atoms with van der Waals surface area (Å²) in [4.78, 5) is 4.76. The minimum absolute atomic E-state index is 0.796. The fraction of sp³-hybridized carbons (Fsp3) is 0.0800. The van der Waals surface area contributed by atoms with Crippen molar-refractivity contribution in [2.24, 2.45) is 0 Å². The molecular weight excluding hydrogens is 424 g/mol. The summed E-state index contributed by atoms with van der Waals surface area (Å²) in [6.45, 7) is 4.18. The van der Waals surface area contributed by atoms with Crippen molar-refractivity contribution >= 4 is 37.7 Å². The molecule has 0 bridgehead atoms. The highest BCUT2D eigenvalue weighted by atomic mass is 79.9. The average molecular weight is 443 g/mol. The monoisotopic (exact) mass is 442 g/mol. The number of fused-ring (bicyclic) bond motifs is 3. The highest BCUT2D eigenvalue weighted by Gasteiger charge is 2.15. The second kappa shape index (κ2) is 7.05. The van der Waals surface area contributed by atoms with Gasteiger partial charge in [-0.05, 0) is 61.4 Å². The number of aryl methyl sites for hydroxylation is 2. The van der Waals surface area contributed by atoms with Crippen molar-refractivity contribution in [3.05, 3.63) is 94.6 Å². The minimum Gasteiger partial charge on any atom is -0.457 e. The first-order chi connectivity index (χ1) is 14.1. The van der Waals surface area contributed by atoms with Gasteiger partial charge in [0.2, 0.25) is 0 Å². The van der Waals surface area contributed by atoms with E-state index in [-0.39, 0.29) is 0 Å². The number of hydrogen-bond acceptors (Lipinski definition) is 2. The summed E-state index contributed by atoms with van der Waals surface area (Å²) in [5.41, 5.74) is 4.52. The number of halogens is 1. The lowest BCUT2D eigenvalue weighted by Crippen LogP contribution is -2.00. The molecule has 2 aromatic heterocycles. The van der Waals surface area contributed by atoms with Gasteiger partial charge in [-0.3, -0.25) is 4.57 Å². The molecule has 0 aliphatic heterocycles. The second-order valence-corrected chi connectivity index (χ2v) is 8.16. The van der Waals surface area contributed by atoms with Crippen LogP contribution >= 0.6 is 15.9 Å². The third kappa shape index (κ3) is 3.19. The van der Waals surface area contributed by atoms with E-state index >= 15 is 0 Å². The van der Waals surface area contributed by atoms with Crippen LogP contribution in [0.5, 0.6) is 11.5 Å². The van der Waals surface area contributed by atoms with Crippen LogP contribution in [0.2, 0.25) is 0 Å². The minimum atomic E-state index is 0.796. The van der Waals surface area contributed by atoms with Crippen molar-refractivity contribution in [1.29, 1.82) is 0 Å². The smallest absolute Gasteiger partial charge is 0.140 e. The van der Waals surface area contributed by atoms with Crippen molar-refractivity contribution in [3.8, 4) is 17.3 Å². The number of aromatic nitrogens is 2. The van der Waals surface area contributed by atoms with Crippen LogP contribution in [0.1, 0.15) is 11.1 Å². The van der Waals surface area contributed by atoms with Crippen LogP contribution < -0.4 is 4.74 Å². The van der Waals surface area contributed by atoms with Crippen LogP contribution in [-0.4, -0.2) is 9.55 Å². The van der Waals surface area contributed by atoms with Crippen molar-refractivity contribution in [3.63, 3.8) is 0 Å². The molecule has 0 spiro atoms. The number of ether oxygens (including phenoxy) is 1. The van der Waals surface area contributed by atoms with Crippen LogP contribution in [0.3, 0.4) is 0 Å². The molecule has 3 aromatic carbocycles. The van der Waals surface area contributed by atoms with Crippen molar-refractivity contribution < 1.29 is 4.74 Å². The Morgan fingerprint density at radius 3 is 2.41 bits per heavy atom. The second-order valence-electron chi connectivity index (χ2n) is 7.24. The van der Waals surface area contributed by atoms with E-state index < -0.39 is 0 Å². The molecule has 0 unspecified atom stereocenters. The summed E-state index contributed by atoms with van der Waals surface area (Å²) in [6.07, 6.45) is 1.92. The zero-order valence-corrected chi connectivity index (χ0v) is 17.8. The Bertz CT molecular complexity index is 1370. The summed E-state index contributed by atoms with van der Waals surface area (Å²) >= 11 is 3.50. The van der Waals surface area contributed by atoms with E-state index in [1.54, 1.807) is 0 Å². The van der Waals surface area contributed by atoms with Crippen LogP contribution in [0, 0.1) is 13.8 Å². The molecule has 5 rings (SSSR count). The van der Waals surface area contributed by atoms with Gasteiger partial charge >= 0.3 is 0 Å². The molecule has 5 aromatic rings. The third-order valence-electron chi connectivity index (χ3n) is 5.08. The van der Waals surface area contributed by atoms with Crippen molar-refractivity contribution in [1.82, 2.24) is 9.55 Å². The van der Waals surface area contributed by atoms with Crippen LogP contribution in [0.15, 0.2) is 83.5 Å². The quantitative estimate of drug-likeness (QED) is 0.292. The molecule has 29 heavy (non-hydrogen) atoms. The maximum absolute atomic E-state index is 6.14. The fourth-order valence-electron chi connectivity index (χ4n) is 3.85. The molecule has 2 heterocycles. The number of hydrogen-bond donors (Lipinski definition) is 0. The molecule has 0 aliphatic carbocycles. The van der Waals surface area contributed by atoms with Crippen molar-refractivity contribution in [2.75, 3.05) is 0 Å². The molecule has 4 heteroatoms. The van der Waals surface area contributed by atoms with Gasteiger partial charge in [-0.2, -0.15) is 0 Å². The van der Waals surface area contributed by atoms with Gasteiger partial charge in [0.25, 0.3) is 0 Å². The largest absolute Gasteiger partial charge is 0.457 e. The average Bonchev–Trinajstić information content (AvgIpc) is 3.02. The topological polar surface area (TPSA) is 27.1 Å². The van der Waals surface area contributed by atoms with E-state index in [4.69, 9.17) is 9.72 Å². The zero-order chi connectivity index (χ0) is 20.0. The lowest BCUT2D eigenvalue weighted by molar-refractivity contribution is 0.483. The maximum Gasteiger partial charge on any atom is 0.140 e. The summed E-state index contributed by atoms with van der Waals surface area (Å²) in [5.74, 6) is 2.54. The molecule has 0 saturated heterocycles. The third-order valence-corrected chi connectivity index (χ3v) is 5.57. The Labute approximate surface area is 177 Å². The molecule has 3 nitrogen and oxygen atoms in total. The lowest BCUT2D eigenvalue weighted by atomic mass is 10.1. The molecule has 0 N–H and O–H groups in total. The summed E-state index contributed by atoms with van der Waals surface area (Å²) in [5, 5.41) is 2.39. The molecule has 0 atom stereocenters. The van der Waals surface area contributed by atoms with Crippen LogP contribution in [-0.2, 0) is 0 Å². The number of pyridine rings is 1. The van der Waals surface area contributed by atoms with Gasteiger partial charge in [-0.25, -0.2) is 4.98 Å². The van der Waals surface area contributed by atoms with E-state index in [0.717, 1.165) is 43.9 Å². The Morgan fingerprint density at radius 1 is 0.793 bits per heavy atom. The number of benzene rings is 3. The van der Waals surface area contributed by atoms with Gasteiger partial charge in [0.05, 0.1) is 11.0 Å². The molecule has 0 saturated carbocycles. The van der Waals surface area contributed by atoms with E-state index in [1.807, 2.05) is 36.5 Å². The van der Waals surface area contributed by atoms with Gasteiger partial charge in [-0.1, -0.05) is 46.3 Å². The predicted octanol–water partition coefficient (Wildman–Crippen LogP) is 7.35. The molecule has 0 amide bonds. The molecule has 0 radical (unpaired) electrons. The fourth-order valence-corrected chi connectivity index (χ4v) is 4.23. The highest BCUT2D eigenvalue weighted by Crippen LogP contribution is 2.35. The Hall–Kier alpha value is -3.11. The van der Waals surface area contributed by atoms with E-state index in [0.29, 0.717) is 0 Å². The van der Waals surface area contributed by atoms with Gasteiger partial charge in [0, 0.05) is 27.5 Å². The first-order valence-corrected chi connectivity index (χ1v) is 10.3. The Kier molecular flexibility index (Phi) is 4.36. The van der Waals surface area contributed by atoms with Crippen molar-refractivity contribution in [2.45, 2.75) is 13.8 Å². The SMILES string of the molecule is Cc1cnc(-n2c3ccccc3c3ccc(Oc4cccc(Br)c4)cc32)c(C)c1. The van der Waals surface area contributed by atoms with Crippen LogP contribution in [0.4, 0.5) is 0 Å². The number of para-hydroxylation sites is 1. The maximum atomic E-state index is 6.14. The molecule has 0 fully saturated rings. The van der Waals surface area contributed by atoms with Gasteiger partial charge < -0.3 is 4.74 Å². The Balaban J connectivity index is 1.75. The standard InChI is InChI=1S/C25H19BrN2O/c1-16-12-17(2)25(27-15-16)28-23-9-4-3-8-21(23)22-11-10-20(14-24(22)28)29-19-7-5-6-18(26)13-19/h3-15H,1-2H3. The summed E-state index contributed by atoms with van der Waals surface area (Å²) in [6, 6.07) is 24.7. The first kappa shape index (κ1) is 18.0. The van der Waals surface area contributed by atoms with Gasteiger partial charge in [0.1, 0.15) is 17.3 Å². The molecular formula is C25H19BrN2O. The normalized spacial score (nSPS) is 11.3. The number of rotatable bonds is 3. The van der Waals surface area contributed by atoms with Crippen LogP contribution in [0.25, 0.3) is 27.6 Å². The molecule has 0 aliphatic rings. The highest BCUT2D eigenvalue weighted by molar-refractivity contribution is 9.10. The van der Waals surface area contributed by atoms with E-state index in [1.165, 1.54) is 10.8 Å². The summed E-state index contributed by atoms with van der Waals surface area (Å²) < 4.78 is 9.36. The summed E-state index contributed by atoms with van der Waals surface area (Å²) in [7, 11) is 0. The zero-order valence-electron chi connectivity index (χ0n) is 16.2. The molecule has 142 valence electrons. The number of nitrogens with zero attached hydrogens (tertiary/aromatic N) is 2. The first-order valence-electron chi connectivity index (χ1n) is 9.50. The van der Waals surface area contributed by atoms with Gasteiger partial charge in [-0.15, -0.1) is 0 Å². The Morgan fingerprint density at radius 2 is 1.59 bits per heavy atom. The van der Waals surface area contributed by atoms with Gasteiger partial charge in [0.15, 0.2) is 0 Å². The predicted molar refractivity (Wildman–Crippen MR) is 122 cm³/mol. The van der Waals surface area contributed by atoms with E-state index in [2.05, 4.69) is 76.8 Å². The lowest BCUT2D eigenvalue weighted by Gasteiger charge is -2.11. The van der Waals surface area contributed by atoms with E-state index in [9.17, 15) is 0 Å².